The summed E-state index contributed by atoms with van der Waals surface area (Å²) in [5, 5.41) is 0. The van der Waals surface area contributed by atoms with Crippen LogP contribution in [-0.4, -0.2) is 0 Å². The normalized spacial score (nSPS) is 28.1. The molecule has 0 spiro atoms. The van der Waals surface area contributed by atoms with Crippen LogP contribution in [0.5, 0.6) is 0 Å². The lowest BCUT2D eigenvalue weighted by Crippen LogP contribution is -2.25. The fraction of sp³-hybridized carbons (Fsp3) is 0.571. The molecule has 1 aliphatic rings. The Labute approximate surface area is 92.7 Å². The lowest BCUT2D eigenvalue weighted by molar-refractivity contribution is 0.510. The molecule has 2 N–H and O–H groups in total. The highest BCUT2D eigenvalue weighted by atomic mass is 14.9. The molecule has 1 aliphatic carbocycles. The molecule has 15 heavy (non-hydrogen) atoms. The van der Waals surface area contributed by atoms with Crippen LogP contribution >= 0.6 is 0 Å². The standard InChI is InChI=1S/C14H21N/c1-10(2)11-5-7-12(8-6-11)14(15)9-13(14,3)4/h5-8,10H,9,15H2,1-4H3. The van der Waals surface area contributed by atoms with Crippen molar-refractivity contribution in [1.82, 2.24) is 0 Å². The Bertz CT molecular complexity index is 361. The van der Waals surface area contributed by atoms with Crippen molar-refractivity contribution in [1.29, 1.82) is 0 Å². The lowest BCUT2D eigenvalue weighted by Gasteiger charge is -2.16. The van der Waals surface area contributed by atoms with Crippen LogP contribution in [0.3, 0.4) is 0 Å². The van der Waals surface area contributed by atoms with E-state index in [1.807, 2.05) is 0 Å². The molecule has 0 aromatic heterocycles. The molecule has 0 bridgehead atoms. The van der Waals surface area contributed by atoms with Gasteiger partial charge in [0.25, 0.3) is 0 Å². The number of rotatable bonds is 2. The van der Waals surface area contributed by atoms with E-state index < -0.39 is 0 Å². The van der Waals surface area contributed by atoms with Crippen molar-refractivity contribution in [3.63, 3.8) is 0 Å². The molecule has 1 fully saturated rings. The van der Waals surface area contributed by atoms with E-state index in [4.69, 9.17) is 5.73 Å². The Balaban J connectivity index is 2.26. The third-order valence-corrected chi connectivity index (χ3v) is 3.90. The zero-order chi connectivity index (χ0) is 11.3. The maximum Gasteiger partial charge on any atom is 0.0468 e. The van der Waals surface area contributed by atoms with Crippen molar-refractivity contribution in [3.05, 3.63) is 35.4 Å². The van der Waals surface area contributed by atoms with Gasteiger partial charge in [-0.15, -0.1) is 0 Å². The first-order chi connectivity index (χ1) is 6.87. The van der Waals surface area contributed by atoms with Crippen LogP contribution in [-0.2, 0) is 5.54 Å². The molecule has 1 nitrogen and oxygen atoms in total. The van der Waals surface area contributed by atoms with E-state index in [9.17, 15) is 0 Å². The van der Waals surface area contributed by atoms with Crippen LogP contribution in [0.1, 0.15) is 51.2 Å². The minimum absolute atomic E-state index is 0.0808. The maximum absolute atomic E-state index is 6.37. The van der Waals surface area contributed by atoms with Crippen LogP contribution in [0.2, 0.25) is 0 Å². The minimum Gasteiger partial charge on any atom is -0.321 e. The second-order valence-corrected chi connectivity index (χ2v) is 5.81. The summed E-state index contributed by atoms with van der Waals surface area (Å²) in [5.41, 5.74) is 9.24. The minimum atomic E-state index is -0.0808. The van der Waals surface area contributed by atoms with Crippen LogP contribution < -0.4 is 5.73 Å². The first-order valence-corrected chi connectivity index (χ1v) is 5.76. The van der Waals surface area contributed by atoms with E-state index in [1.165, 1.54) is 11.1 Å². The third kappa shape index (κ3) is 1.59. The van der Waals surface area contributed by atoms with Crippen molar-refractivity contribution >= 4 is 0 Å². The van der Waals surface area contributed by atoms with Gasteiger partial charge in [-0.25, -0.2) is 0 Å². The van der Waals surface area contributed by atoms with Crippen molar-refractivity contribution < 1.29 is 0 Å². The first-order valence-electron chi connectivity index (χ1n) is 5.76. The van der Waals surface area contributed by atoms with Crippen LogP contribution in [0, 0.1) is 5.41 Å². The van der Waals surface area contributed by atoms with Gasteiger partial charge in [-0.2, -0.15) is 0 Å². The van der Waals surface area contributed by atoms with Crippen molar-refractivity contribution in [3.8, 4) is 0 Å². The highest BCUT2D eigenvalue weighted by Gasteiger charge is 2.59. The summed E-state index contributed by atoms with van der Waals surface area (Å²) in [6.45, 7) is 8.91. The highest BCUT2D eigenvalue weighted by Crippen LogP contribution is 2.60. The van der Waals surface area contributed by atoms with Crippen LogP contribution in [0.4, 0.5) is 0 Å². The zero-order valence-electron chi connectivity index (χ0n) is 10.2. The molecular formula is C14H21N. The quantitative estimate of drug-likeness (QED) is 0.783. The predicted octanol–water partition coefficient (Wildman–Crippen LogP) is 3.39. The van der Waals surface area contributed by atoms with Gasteiger partial charge in [0, 0.05) is 5.54 Å². The Kier molecular flexibility index (Phi) is 2.20. The Morgan fingerprint density at radius 3 is 1.93 bits per heavy atom. The fourth-order valence-electron chi connectivity index (χ4n) is 2.31. The van der Waals surface area contributed by atoms with Crippen LogP contribution in [0.25, 0.3) is 0 Å². The van der Waals surface area contributed by atoms with E-state index in [0.717, 1.165) is 6.42 Å². The fourth-order valence-corrected chi connectivity index (χ4v) is 2.31. The topological polar surface area (TPSA) is 26.0 Å². The monoisotopic (exact) mass is 203 g/mol. The summed E-state index contributed by atoms with van der Waals surface area (Å²) >= 11 is 0. The molecule has 1 heteroatoms. The van der Waals surface area contributed by atoms with E-state index in [2.05, 4.69) is 52.0 Å². The summed E-state index contributed by atoms with van der Waals surface area (Å²) in [4.78, 5) is 0. The predicted molar refractivity (Wildman–Crippen MR) is 64.8 cm³/mol. The molecule has 1 saturated carbocycles. The van der Waals surface area contributed by atoms with Crippen molar-refractivity contribution in [2.75, 3.05) is 0 Å². The van der Waals surface area contributed by atoms with Gasteiger partial charge in [0.05, 0.1) is 0 Å². The summed E-state index contributed by atoms with van der Waals surface area (Å²) in [6.07, 6.45) is 1.10. The number of hydrogen-bond donors (Lipinski definition) is 1. The zero-order valence-corrected chi connectivity index (χ0v) is 10.2. The molecule has 1 atom stereocenters. The van der Waals surface area contributed by atoms with E-state index in [0.29, 0.717) is 5.92 Å². The lowest BCUT2D eigenvalue weighted by atomic mass is 9.94. The number of hydrogen-bond acceptors (Lipinski definition) is 1. The Morgan fingerprint density at radius 2 is 1.60 bits per heavy atom. The molecule has 0 aliphatic heterocycles. The van der Waals surface area contributed by atoms with Crippen molar-refractivity contribution in [2.24, 2.45) is 11.1 Å². The first kappa shape index (κ1) is 10.7. The molecule has 82 valence electrons. The molecule has 0 amide bonds. The van der Waals surface area contributed by atoms with Gasteiger partial charge in [-0.3, -0.25) is 0 Å². The van der Waals surface area contributed by atoms with Gasteiger partial charge in [-0.1, -0.05) is 52.0 Å². The molecule has 2 rings (SSSR count). The molecule has 1 aromatic rings. The highest BCUT2D eigenvalue weighted by molar-refractivity contribution is 5.37. The average Bonchev–Trinajstić information content (AvgIpc) is 2.67. The molecule has 1 unspecified atom stereocenters. The molecule has 0 radical (unpaired) electrons. The Morgan fingerprint density at radius 1 is 1.13 bits per heavy atom. The summed E-state index contributed by atoms with van der Waals surface area (Å²) in [7, 11) is 0. The molecule has 0 saturated heterocycles. The SMILES string of the molecule is CC(C)c1ccc(C2(N)CC2(C)C)cc1. The van der Waals surface area contributed by atoms with Gasteiger partial charge in [0.2, 0.25) is 0 Å². The number of benzene rings is 1. The third-order valence-electron chi connectivity index (χ3n) is 3.90. The van der Waals surface area contributed by atoms with Crippen molar-refractivity contribution in [2.45, 2.75) is 45.6 Å². The van der Waals surface area contributed by atoms with E-state index in [1.54, 1.807) is 0 Å². The second-order valence-electron chi connectivity index (χ2n) is 5.81. The van der Waals surface area contributed by atoms with E-state index in [-0.39, 0.29) is 11.0 Å². The van der Waals surface area contributed by atoms with E-state index >= 15 is 0 Å². The van der Waals surface area contributed by atoms with Gasteiger partial charge in [0.1, 0.15) is 0 Å². The van der Waals surface area contributed by atoms with Gasteiger partial charge in [-0.05, 0) is 28.9 Å². The van der Waals surface area contributed by atoms with Gasteiger partial charge >= 0.3 is 0 Å². The largest absolute Gasteiger partial charge is 0.321 e. The molecule has 0 heterocycles. The summed E-state index contributed by atoms with van der Waals surface area (Å²) < 4.78 is 0. The summed E-state index contributed by atoms with van der Waals surface area (Å²) in [5.74, 6) is 0.597. The van der Waals surface area contributed by atoms with Gasteiger partial charge in [0.15, 0.2) is 0 Å². The number of nitrogens with two attached hydrogens (primary N) is 1. The second kappa shape index (κ2) is 3.08. The maximum atomic E-state index is 6.37. The summed E-state index contributed by atoms with van der Waals surface area (Å²) in [6, 6.07) is 8.82. The molecule has 1 aromatic carbocycles. The average molecular weight is 203 g/mol. The van der Waals surface area contributed by atoms with Gasteiger partial charge < -0.3 is 5.73 Å². The Hall–Kier alpha value is -0.820. The van der Waals surface area contributed by atoms with Crippen LogP contribution in [0.15, 0.2) is 24.3 Å². The molecular weight excluding hydrogens is 182 g/mol. The smallest absolute Gasteiger partial charge is 0.0468 e.